The van der Waals surface area contributed by atoms with E-state index in [1.54, 1.807) is 0 Å². The Bertz CT molecular complexity index is 2540. The molecule has 1 aromatic heterocycles. The van der Waals surface area contributed by atoms with Gasteiger partial charge in [0, 0.05) is 16.7 Å². The molecule has 0 bridgehead atoms. The Hall–Kier alpha value is -6.45. The third kappa shape index (κ3) is 5.08. The van der Waals surface area contributed by atoms with E-state index in [9.17, 15) is 0 Å². The van der Waals surface area contributed by atoms with Crippen molar-refractivity contribution < 1.29 is 0 Å². The minimum atomic E-state index is 0.638. The van der Waals surface area contributed by atoms with Crippen molar-refractivity contribution in [1.82, 2.24) is 15.0 Å². The molecule has 0 fully saturated rings. The zero-order valence-corrected chi connectivity index (χ0v) is 26.1. The number of rotatable bonds is 5. The lowest BCUT2D eigenvalue weighted by atomic mass is 9.92. The molecule has 0 unspecified atom stereocenters. The fourth-order valence-corrected chi connectivity index (χ4v) is 6.66. The van der Waals surface area contributed by atoms with Gasteiger partial charge in [-0.15, -0.1) is 0 Å². The van der Waals surface area contributed by atoms with Crippen molar-refractivity contribution in [3.8, 4) is 56.4 Å². The Morgan fingerprint density at radius 1 is 0.229 bits per heavy atom. The third-order valence-corrected chi connectivity index (χ3v) is 9.07. The van der Waals surface area contributed by atoms with Crippen molar-refractivity contribution in [3.05, 3.63) is 176 Å². The molecule has 0 aliphatic rings. The number of benzene rings is 8. The second-order valence-electron chi connectivity index (χ2n) is 12.1. The monoisotopic (exact) mass is 611 g/mol. The SMILES string of the molecule is c1ccc(-c2cc(-c3ccc4ccc5c6ccccc6ccc5c4c3)cc(-c3nc(-c4ccccc4)nc(-c4ccccc4)n3)c2)cc1. The molecule has 0 aliphatic heterocycles. The lowest BCUT2D eigenvalue weighted by Gasteiger charge is -2.13. The van der Waals surface area contributed by atoms with Gasteiger partial charge in [-0.3, -0.25) is 0 Å². The minimum absolute atomic E-state index is 0.638. The first-order valence-electron chi connectivity index (χ1n) is 16.2. The molecule has 0 saturated heterocycles. The van der Waals surface area contributed by atoms with Crippen LogP contribution in [0.4, 0.5) is 0 Å². The van der Waals surface area contributed by atoms with E-state index in [2.05, 4.69) is 115 Å². The summed E-state index contributed by atoms with van der Waals surface area (Å²) in [5, 5.41) is 7.50. The molecule has 1 heterocycles. The van der Waals surface area contributed by atoms with Crippen LogP contribution < -0.4 is 0 Å². The fourth-order valence-electron chi connectivity index (χ4n) is 6.66. The number of hydrogen-bond donors (Lipinski definition) is 0. The molecule has 0 atom stereocenters. The average Bonchev–Trinajstić information content (AvgIpc) is 3.18. The van der Waals surface area contributed by atoms with Gasteiger partial charge in [0.2, 0.25) is 0 Å². The molecular formula is C45H29N3. The van der Waals surface area contributed by atoms with Crippen LogP contribution in [0.15, 0.2) is 176 Å². The van der Waals surface area contributed by atoms with Crippen LogP contribution in [0.3, 0.4) is 0 Å². The minimum Gasteiger partial charge on any atom is -0.208 e. The normalized spacial score (nSPS) is 11.3. The van der Waals surface area contributed by atoms with Crippen LogP contribution in [0.25, 0.3) is 88.7 Å². The first-order valence-corrected chi connectivity index (χ1v) is 16.2. The first-order chi connectivity index (χ1) is 23.8. The van der Waals surface area contributed by atoms with Crippen LogP contribution in [0, 0.1) is 0 Å². The zero-order chi connectivity index (χ0) is 31.9. The average molecular weight is 612 g/mol. The quantitative estimate of drug-likeness (QED) is 0.182. The Morgan fingerprint density at radius 2 is 0.667 bits per heavy atom. The van der Waals surface area contributed by atoms with E-state index in [4.69, 9.17) is 15.0 Å². The van der Waals surface area contributed by atoms with Gasteiger partial charge >= 0.3 is 0 Å². The molecular weight excluding hydrogens is 583 g/mol. The highest BCUT2D eigenvalue weighted by molar-refractivity contribution is 6.17. The van der Waals surface area contributed by atoms with E-state index in [1.165, 1.54) is 32.3 Å². The van der Waals surface area contributed by atoms with E-state index in [-0.39, 0.29) is 0 Å². The van der Waals surface area contributed by atoms with Gasteiger partial charge in [-0.2, -0.15) is 0 Å². The molecule has 3 heteroatoms. The molecule has 224 valence electrons. The molecule has 9 aromatic rings. The van der Waals surface area contributed by atoms with Gasteiger partial charge in [0.25, 0.3) is 0 Å². The zero-order valence-electron chi connectivity index (χ0n) is 26.1. The topological polar surface area (TPSA) is 38.7 Å². The summed E-state index contributed by atoms with van der Waals surface area (Å²) in [6.07, 6.45) is 0. The maximum atomic E-state index is 5.07. The summed E-state index contributed by atoms with van der Waals surface area (Å²) in [4.78, 5) is 15.1. The molecule has 0 saturated carbocycles. The van der Waals surface area contributed by atoms with Crippen LogP contribution in [-0.2, 0) is 0 Å². The molecule has 3 nitrogen and oxygen atoms in total. The van der Waals surface area contributed by atoms with E-state index >= 15 is 0 Å². The van der Waals surface area contributed by atoms with Crippen molar-refractivity contribution in [2.75, 3.05) is 0 Å². The molecule has 0 N–H and O–H groups in total. The Morgan fingerprint density at radius 3 is 1.29 bits per heavy atom. The van der Waals surface area contributed by atoms with Gasteiger partial charge in [0.15, 0.2) is 17.5 Å². The molecule has 0 aliphatic carbocycles. The van der Waals surface area contributed by atoms with E-state index in [1.807, 2.05) is 60.7 Å². The Balaban J connectivity index is 1.27. The Kier molecular flexibility index (Phi) is 6.80. The number of fused-ring (bicyclic) bond motifs is 5. The molecule has 9 rings (SSSR count). The van der Waals surface area contributed by atoms with Crippen LogP contribution >= 0.6 is 0 Å². The molecule has 0 amide bonds. The van der Waals surface area contributed by atoms with Crippen molar-refractivity contribution in [2.45, 2.75) is 0 Å². The summed E-state index contributed by atoms with van der Waals surface area (Å²) in [5.41, 5.74) is 7.33. The standard InChI is InChI=1S/C45H29N3/c1-4-12-30(13-5-1)36-26-37(35-21-20-32-23-24-40-39-19-11-10-14-31(39)22-25-41(40)42(32)29-35)28-38(27-36)45-47-43(33-15-6-2-7-16-33)46-44(48-45)34-17-8-3-9-18-34/h1-29H. The summed E-state index contributed by atoms with van der Waals surface area (Å²) in [7, 11) is 0. The molecule has 48 heavy (non-hydrogen) atoms. The third-order valence-electron chi connectivity index (χ3n) is 9.07. The lowest BCUT2D eigenvalue weighted by molar-refractivity contribution is 1.07. The van der Waals surface area contributed by atoms with Crippen LogP contribution in [0.5, 0.6) is 0 Å². The van der Waals surface area contributed by atoms with Gasteiger partial charge in [0.1, 0.15) is 0 Å². The van der Waals surface area contributed by atoms with Crippen molar-refractivity contribution in [2.24, 2.45) is 0 Å². The largest absolute Gasteiger partial charge is 0.208 e. The van der Waals surface area contributed by atoms with Gasteiger partial charge in [-0.05, 0) is 78.8 Å². The molecule has 0 radical (unpaired) electrons. The number of aromatic nitrogens is 3. The predicted octanol–water partition coefficient (Wildman–Crippen LogP) is 11.7. The van der Waals surface area contributed by atoms with Gasteiger partial charge in [-0.1, -0.05) is 152 Å². The second kappa shape index (κ2) is 11.7. The van der Waals surface area contributed by atoms with E-state index < -0.39 is 0 Å². The van der Waals surface area contributed by atoms with Crippen molar-refractivity contribution in [3.63, 3.8) is 0 Å². The lowest BCUT2D eigenvalue weighted by Crippen LogP contribution is -2.00. The van der Waals surface area contributed by atoms with Gasteiger partial charge in [0.05, 0.1) is 0 Å². The Labute approximate surface area is 278 Å². The summed E-state index contributed by atoms with van der Waals surface area (Å²) < 4.78 is 0. The summed E-state index contributed by atoms with van der Waals surface area (Å²) >= 11 is 0. The van der Waals surface area contributed by atoms with E-state index in [0.717, 1.165) is 38.9 Å². The van der Waals surface area contributed by atoms with E-state index in [0.29, 0.717) is 17.5 Å². The summed E-state index contributed by atoms with van der Waals surface area (Å²) in [6.45, 7) is 0. The van der Waals surface area contributed by atoms with Gasteiger partial charge < -0.3 is 0 Å². The van der Waals surface area contributed by atoms with Crippen LogP contribution in [0.2, 0.25) is 0 Å². The summed E-state index contributed by atoms with van der Waals surface area (Å²) in [5.74, 6) is 1.94. The molecule has 8 aromatic carbocycles. The molecule has 0 spiro atoms. The second-order valence-corrected chi connectivity index (χ2v) is 12.1. The fraction of sp³-hybridized carbons (Fsp3) is 0. The first kappa shape index (κ1) is 27.8. The number of nitrogens with zero attached hydrogens (tertiary/aromatic N) is 3. The van der Waals surface area contributed by atoms with Crippen molar-refractivity contribution >= 4 is 32.3 Å². The number of hydrogen-bond acceptors (Lipinski definition) is 3. The predicted molar refractivity (Wildman–Crippen MR) is 200 cm³/mol. The smallest absolute Gasteiger partial charge is 0.164 e. The maximum Gasteiger partial charge on any atom is 0.164 e. The highest BCUT2D eigenvalue weighted by Gasteiger charge is 2.15. The van der Waals surface area contributed by atoms with Crippen LogP contribution in [-0.4, -0.2) is 15.0 Å². The highest BCUT2D eigenvalue weighted by Crippen LogP contribution is 2.37. The van der Waals surface area contributed by atoms with Crippen LogP contribution in [0.1, 0.15) is 0 Å². The highest BCUT2D eigenvalue weighted by atomic mass is 15.0. The van der Waals surface area contributed by atoms with Crippen molar-refractivity contribution in [1.29, 1.82) is 0 Å². The maximum absolute atomic E-state index is 5.07. The van der Waals surface area contributed by atoms with Gasteiger partial charge in [-0.25, -0.2) is 15.0 Å². The summed E-state index contributed by atoms with van der Waals surface area (Å²) in [6, 6.07) is 61.8.